The van der Waals surface area contributed by atoms with E-state index in [4.69, 9.17) is 33.2 Å². The number of aliphatic hydroxyl groups is 2. The van der Waals surface area contributed by atoms with Gasteiger partial charge in [0.05, 0.1) is 33.6 Å². The van der Waals surface area contributed by atoms with Crippen molar-refractivity contribution in [2.75, 3.05) is 11.5 Å². The molecule has 6 aromatic carbocycles. The molecule has 0 bridgehead atoms. The Bertz CT molecular complexity index is 3400. The Morgan fingerprint density at radius 1 is 0.548 bits per heavy atom. The van der Waals surface area contributed by atoms with E-state index in [1.807, 2.05) is 160 Å². The Morgan fingerprint density at radius 3 is 1.30 bits per heavy atom. The number of fused-ring (bicyclic) bond motifs is 2. The van der Waals surface area contributed by atoms with Crippen LogP contribution in [-0.2, 0) is 33.6 Å². The van der Waals surface area contributed by atoms with Crippen LogP contribution in [0.3, 0.4) is 0 Å². The minimum Gasteiger partial charge on any atom is -0.550 e. The summed E-state index contributed by atoms with van der Waals surface area (Å²) in [7, 11) is 0. The second-order valence-electron chi connectivity index (χ2n) is 23.4. The first-order valence-corrected chi connectivity index (χ1v) is 31.0. The maximum absolute atomic E-state index is 11.4. The Morgan fingerprint density at radius 2 is 0.929 bits per heavy atom. The summed E-state index contributed by atoms with van der Waals surface area (Å²) in [4.78, 5) is 32.2. The number of hydrogen-bond donors (Lipinski definition) is 2. The fraction of sp³-hybridized carbons (Fsp3) is 0.314. The molecule has 0 amide bonds. The van der Waals surface area contributed by atoms with Gasteiger partial charge in [-0.3, -0.25) is 0 Å². The van der Waals surface area contributed by atoms with Gasteiger partial charge in [-0.15, -0.1) is 0 Å². The molecule has 2 heterocycles. The Hall–Kier alpha value is -4.24. The van der Waals surface area contributed by atoms with Gasteiger partial charge in [0.1, 0.15) is 0 Å². The first-order valence-electron chi connectivity index (χ1n) is 28.1. The molecule has 2 aromatic heterocycles. The third-order valence-electron chi connectivity index (χ3n) is 15.6. The molecule has 2 aliphatic rings. The molecule has 14 heteroatoms. The minimum atomic E-state index is -0.963. The zero-order chi connectivity index (χ0) is 58.1. The second-order valence-corrected chi connectivity index (χ2v) is 26.6. The standard InChI is InChI=1S/2C35H36ClNO3S.2Na.H2/c2*1-34(2,40)30-9-4-3-7-25(30)13-17-32(41-23-35(18-19-35)22-33(38)39)27-8-5-6-24(20-27)10-15-29-16-12-26-11-14-28(36)21-31(26)37-29;;;/h2*3-12,14-16,20-21,32,40H,13,17-19,22-23H2,1-2H3,(H,38,39);;;1H/q;;2*+1;/p-2/b15-10+;15-10-;;;/t2*32-;;;/m11.../s1/i;;;;1+1. The summed E-state index contributed by atoms with van der Waals surface area (Å²) in [6, 6.07) is 52.8. The number of rotatable bonds is 24. The van der Waals surface area contributed by atoms with Crippen LogP contribution in [0.1, 0.15) is 147 Å². The number of aliphatic carboxylic acids is 2. The normalized spacial score (nSPS) is 15.0. The number of halogens is 2. The van der Waals surface area contributed by atoms with Gasteiger partial charge in [0.2, 0.25) is 0 Å². The van der Waals surface area contributed by atoms with Crippen molar-refractivity contribution < 1.29 is 90.6 Å². The minimum absolute atomic E-state index is 0. The molecular weight excluding hydrogens is 1150 g/mol. The van der Waals surface area contributed by atoms with Gasteiger partial charge in [-0.25, -0.2) is 9.97 Å². The van der Waals surface area contributed by atoms with Gasteiger partial charge in [0.25, 0.3) is 0 Å². The molecule has 2 fully saturated rings. The van der Waals surface area contributed by atoms with Crippen molar-refractivity contribution in [3.05, 3.63) is 224 Å². The predicted octanol–water partition coefficient (Wildman–Crippen LogP) is 9.48. The van der Waals surface area contributed by atoms with Gasteiger partial charge in [0.15, 0.2) is 0 Å². The van der Waals surface area contributed by atoms with E-state index < -0.39 is 23.1 Å². The van der Waals surface area contributed by atoms with Crippen LogP contribution in [0.2, 0.25) is 10.0 Å². The molecule has 0 radical (unpaired) electrons. The molecule has 0 unspecified atom stereocenters. The first-order chi connectivity index (χ1) is 39.2. The molecule has 10 rings (SSSR count). The summed E-state index contributed by atoms with van der Waals surface area (Å²) in [5.74, 6) is -0.337. The van der Waals surface area contributed by atoms with Gasteiger partial charge in [-0.2, -0.15) is 23.5 Å². The van der Waals surface area contributed by atoms with Crippen molar-refractivity contribution in [2.24, 2.45) is 10.8 Å². The van der Waals surface area contributed by atoms with Crippen LogP contribution in [0, 0.1) is 10.8 Å². The first kappa shape index (κ1) is 67.3. The van der Waals surface area contributed by atoms with E-state index in [0.717, 1.165) is 129 Å². The fourth-order valence-electron chi connectivity index (χ4n) is 10.7. The second kappa shape index (κ2) is 30.1. The van der Waals surface area contributed by atoms with E-state index in [1.54, 1.807) is 0 Å². The number of hydrogen-bond acceptors (Lipinski definition) is 10. The van der Waals surface area contributed by atoms with E-state index in [1.165, 1.54) is 11.1 Å². The maximum atomic E-state index is 11.4. The zero-order valence-corrected chi connectivity index (χ0v) is 56.1. The number of carboxylic acid groups (broad SMARTS) is 2. The summed E-state index contributed by atoms with van der Waals surface area (Å²) >= 11 is 16.0. The molecule has 0 spiro atoms. The number of carbonyl (C=O) groups is 2. The summed E-state index contributed by atoms with van der Waals surface area (Å²) < 4.78 is 0. The van der Waals surface area contributed by atoms with Crippen LogP contribution >= 0.6 is 46.7 Å². The van der Waals surface area contributed by atoms with Crippen LogP contribution in [0.25, 0.3) is 46.1 Å². The number of carboxylic acids is 2. The van der Waals surface area contributed by atoms with Crippen molar-refractivity contribution in [3.63, 3.8) is 0 Å². The fourth-order valence-corrected chi connectivity index (χ4v) is 14.2. The van der Waals surface area contributed by atoms with Crippen LogP contribution < -0.4 is 69.3 Å². The Labute approximate surface area is 559 Å². The van der Waals surface area contributed by atoms with E-state index in [2.05, 4.69) is 72.8 Å². The van der Waals surface area contributed by atoms with Gasteiger partial charge in [-0.1, -0.05) is 157 Å². The maximum Gasteiger partial charge on any atom is 1.00 e. The molecule has 8 aromatic rings. The van der Waals surface area contributed by atoms with E-state index in [-0.39, 0.29) is 94.7 Å². The monoisotopic (exact) mass is 1220 g/mol. The number of pyridine rings is 2. The van der Waals surface area contributed by atoms with Gasteiger partial charge >= 0.3 is 59.1 Å². The van der Waals surface area contributed by atoms with Crippen LogP contribution in [-0.4, -0.2) is 43.6 Å². The molecule has 2 saturated carbocycles. The summed E-state index contributed by atoms with van der Waals surface area (Å²) in [5.41, 5.74) is 10.1. The molecule has 0 saturated heterocycles. The van der Waals surface area contributed by atoms with E-state index >= 15 is 0 Å². The number of nitrogens with zero attached hydrogens (tertiary/aromatic N) is 2. The Balaban J connectivity index is 0.000000263. The van der Waals surface area contributed by atoms with Crippen LogP contribution in [0.5, 0.6) is 0 Å². The molecule has 2 atom stereocenters. The predicted molar refractivity (Wildman–Crippen MR) is 339 cm³/mol. The summed E-state index contributed by atoms with van der Waals surface area (Å²) in [6.45, 7) is 7.29. The number of benzene rings is 6. The average molecular weight is 1220 g/mol. The largest absolute Gasteiger partial charge is 1.00 e. The zero-order valence-electron chi connectivity index (χ0n) is 49.0. The number of carbonyl (C=O) groups excluding carboxylic acids is 2. The number of aromatic nitrogens is 2. The van der Waals surface area contributed by atoms with Crippen molar-refractivity contribution in [1.82, 2.24) is 9.97 Å². The third kappa shape index (κ3) is 19.4. The Kier molecular flexibility index (Phi) is 24.1. The van der Waals surface area contributed by atoms with Crippen LogP contribution in [0.4, 0.5) is 0 Å². The number of aryl methyl sites for hydroxylation is 2. The van der Waals surface area contributed by atoms with Crippen molar-refractivity contribution >= 4 is 105 Å². The molecule has 84 heavy (non-hydrogen) atoms. The molecular formula is C70H72Cl2N2Na2O6S2. The van der Waals surface area contributed by atoms with Crippen molar-refractivity contribution in [1.29, 1.82) is 0 Å². The van der Waals surface area contributed by atoms with Crippen molar-refractivity contribution in [3.8, 4) is 0 Å². The van der Waals surface area contributed by atoms with E-state index in [9.17, 15) is 30.0 Å². The third-order valence-corrected chi connectivity index (χ3v) is 19.5. The smallest absolute Gasteiger partial charge is 0.550 e. The molecule has 0 aliphatic heterocycles. The number of thioether (sulfide) groups is 2. The topological polar surface area (TPSA) is 146 Å². The van der Waals surface area contributed by atoms with Gasteiger partial charge in [0, 0.05) is 44.7 Å². The molecule has 2 aliphatic carbocycles. The van der Waals surface area contributed by atoms with Crippen molar-refractivity contribution in [2.45, 2.75) is 114 Å². The molecule has 8 nitrogen and oxygen atoms in total. The molecule has 2 N–H and O–H groups in total. The molecule has 426 valence electrons. The van der Waals surface area contributed by atoms with Gasteiger partial charge < -0.3 is 30.0 Å². The quantitative estimate of drug-likeness (QED) is 0.0562. The summed E-state index contributed by atoms with van der Waals surface area (Å²) in [6.07, 6.45) is 15.6. The van der Waals surface area contributed by atoms with Crippen LogP contribution in [0.15, 0.2) is 158 Å². The van der Waals surface area contributed by atoms with Gasteiger partial charge in [-0.05, 0) is 207 Å². The van der Waals surface area contributed by atoms with E-state index in [0.29, 0.717) is 10.0 Å². The summed E-state index contributed by atoms with van der Waals surface area (Å²) in [5, 5.41) is 48.0. The average Bonchev–Trinajstić information content (AvgIpc) is 3.36. The SMILES string of the molecule is CC(C)(O)c1ccccc1CC[C@@H](SCC1(CC(=O)[O-])CC1)c1cccc(/C=C/c2ccc3ccc(Cl)cc3n2)c1.CC(C)(O)c1ccccc1CC[C@@H](SCC1(CC(=O)[O-])CC1)c1cccc(/C=C\c2ccc3ccc(Cl)cc3n2)c1.[2HH].[Na+].[Na+].